The predicted octanol–water partition coefficient (Wildman–Crippen LogP) is 2.69. The van der Waals surface area contributed by atoms with Crippen LogP contribution >= 0.6 is 11.6 Å². The fourth-order valence-corrected chi connectivity index (χ4v) is 4.27. The molecule has 10 nitrogen and oxygen atoms in total. The number of halogens is 1. The Balaban J connectivity index is 1.51. The van der Waals surface area contributed by atoms with E-state index in [2.05, 4.69) is 15.2 Å². The summed E-state index contributed by atoms with van der Waals surface area (Å²) >= 11 is 6.26. The summed E-state index contributed by atoms with van der Waals surface area (Å²) in [5.74, 6) is 1.13. The van der Waals surface area contributed by atoms with E-state index in [-0.39, 0.29) is 5.91 Å². The molecule has 0 fully saturated rings. The summed E-state index contributed by atoms with van der Waals surface area (Å²) in [5, 5.41) is 9.77. The molecular formula is C22H24ClN9O. The van der Waals surface area contributed by atoms with Crippen LogP contribution in [-0.4, -0.2) is 58.9 Å². The fourth-order valence-electron chi connectivity index (χ4n) is 4.09. The standard InChI is InChI=1S/C22H24ClN9O/c1-4-31-14(2)15(10-25-31)11-29(3)21(33)20-17-9-16(23)5-6-18(17)27-22(28-20)30-7-8-32-19(12-30)24-13-26-32/h5-6,9-10,13H,4,7-8,11-12H2,1-3H3. The van der Waals surface area contributed by atoms with E-state index in [0.717, 1.165) is 23.6 Å². The van der Waals surface area contributed by atoms with Gasteiger partial charge in [0.2, 0.25) is 5.95 Å². The van der Waals surface area contributed by atoms with E-state index >= 15 is 0 Å². The fraction of sp³-hybridized carbons (Fsp3) is 0.364. The van der Waals surface area contributed by atoms with Crippen LogP contribution in [0.25, 0.3) is 10.9 Å². The number of carbonyl (C=O) groups excluding carboxylic acids is 1. The van der Waals surface area contributed by atoms with Gasteiger partial charge in [0.15, 0.2) is 0 Å². The first-order chi connectivity index (χ1) is 15.9. The monoisotopic (exact) mass is 465 g/mol. The molecule has 0 saturated heterocycles. The molecule has 170 valence electrons. The summed E-state index contributed by atoms with van der Waals surface area (Å²) in [6.07, 6.45) is 3.36. The van der Waals surface area contributed by atoms with Crippen molar-refractivity contribution < 1.29 is 4.79 Å². The van der Waals surface area contributed by atoms with Gasteiger partial charge in [0.05, 0.1) is 24.8 Å². The lowest BCUT2D eigenvalue weighted by Crippen LogP contribution is -2.36. The number of amides is 1. The Morgan fingerprint density at radius 1 is 1.21 bits per heavy atom. The number of fused-ring (bicyclic) bond motifs is 2. The molecule has 4 aromatic rings. The number of anilines is 1. The first-order valence-electron chi connectivity index (χ1n) is 10.8. The second kappa shape index (κ2) is 8.43. The lowest BCUT2D eigenvalue weighted by molar-refractivity contribution is 0.0781. The normalized spacial score (nSPS) is 13.4. The summed E-state index contributed by atoms with van der Waals surface area (Å²) in [7, 11) is 1.77. The Kier molecular flexibility index (Phi) is 5.45. The highest BCUT2D eigenvalue weighted by Gasteiger charge is 2.25. The van der Waals surface area contributed by atoms with Crippen LogP contribution in [0.15, 0.2) is 30.7 Å². The van der Waals surface area contributed by atoms with Crippen LogP contribution in [0, 0.1) is 6.92 Å². The van der Waals surface area contributed by atoms with E-state index < -0.39 is 0 Å². The quantitative estimate of drug-likeness (QED) is 0.447. The van der Waals surface area contributed by atoms with Crippen molar-refractivity contribution in [2.24, 2.45) is 0 Å². The number of carbonyl (C=O) groups is 1. The molecule has 0 atom stereocenters. The molecule has 11 heteroatoms. The summed E-state index contributed by atoms with van der Waals surface area (Å²) in [6, 6.07) is 5.34. The van der Waals surface area contributed by atoms with Crippen molar-refractivity contribution in [3.05, 3.63) is 58.5 Å². The number of benzene rings is 1. The van der Waals surface area contributed by atoms with Crippen molar-refractivity contribution >= 4 is 34.4 Å². The number of aromatic nitrogens is 7. The highest BCUT2D eigenvalue weighted by molar-refractivity contribution is 6.31. The van der Waals surface area contributed by atoms with Gasteiger partial charge in [0.1, 0.15) is 17.8 Å². The first kappa shape index (κ1) is 21.3. The lowest BCUT2D eigenvalue weighted by Gasteiger charge is -2.27. The highest BCUT2D eigenvalue weighted by Crippen LogP contribution is 2.26. The third-order valence-electron chi connectivity index (χ3n) is 6.00. The van der Waals surface area contributed by atoms with E-state index in [1.165, 1.54) is 0 Å². The van der Waals surface area contributed by atoms with Gasteiger partial charge in [-0.2, -0.15) is 10.2 Å². The SMILES string of the molecule is CCn1ncc(CN(C)C(=O)c2nc(N3CCn4ncnc4C3)nc3ccc(Cl)cc23)c1C. The molecule has 0 saturated carbocycles. The third-order valence-corrected chi connectivity index (χ3v) is 6.23. The minimum atomic E-state index is -0.199. The first-order valence-corrected chi connectivity index (χ1v) is 11.2. The predicted molar refractivity (Wildman–Crippen MR) is 124 cm³/mol. The third kappa shape index (κ3) is 3.91. The molecular weight excluding hydrogens is 442 g/mol. The van der Waals surface area contributed by atoms with Gasteiger partial charge in [0, 0.05) is 48.3 Å². The van der Waals surface area contributed by atoms with Crippen molar-refractivity contribution in [3.63, 3.8) is 0 Å². The Morgan fingerprint density at radius 2 is 2.06 bits per heavy atom. The van der Waals surface area contributed by atoms with E-state index in [1.54, 1.807) is 30.4 Å². The number of hydrogen-bond acceptors (Lipinski definition) is 7. The van der Waals surface area contributed by atoms with Gasteiger partial charge in [-0.25, -0.2) is 19.6 Å². The molecule has 1 amide bonds. The highest BCUT2D eigenvalue weighted by atomic mass is 35.5. The largest absolute Gasteiger partial charge is 0.336 e. The van der Waals surface area contributed by atoms with Gasteiger partial charge in [-0.15, -0.1) is 0 Å². The molecule has 0 aliphatic carbocycles. The summed E-state index contributed by atoms with van der Waals surface area (Å²) in [6.45, 7) is 7.15. The lowest BCUT2D eigenvalue weighted by atomic mass is 10.1. The molecule has 0 unspecified atom stereocenters. The molecule has 3 aromatic heterocycles. The van der Waals surface area contributed by atoms with Crippen LogP contribution in [0.4, 0.5) is 5.95 Å². The van der Waals surface area contributed by atoms with Crippen LogP contribution in [-0.2, 0) is 26.2 Å². The smallest absolute Gasteiger partial charge is 0.273 e. The Bertz CT molecular complexity index is 1350. The van der Waals surface area contributed by atoms with E-state index in [0.29, 0.717) is 53.7 Å². The Morgan fingerprint density at radius 3 is 2.85 bits per heavy atom. The molecule has 1 aliphatic heterocycles. The molecule has 0 bridgehead atoms. The molecule has 33 heavy (non-hydrogen) atoms. The van der Waals surface area contributed by atoms with Crippen molar-refractivity contribution in [3.8, 4) is 0 Å². The van der Waals surface area contributed by atoms with Gasteiger partial charge < -0.3 is 9.80 Å². The average molecular weight is 466 g/mol. The molecule has 4 heterocycles. The second-order valence-electron chi connectivity index (χ2n) is 8.09. The summed E-state index contributed by atoms with van der Waals surface area (Å²) in [4.78, 5) is 31.0. The Hall–Kier alpha value is -3.53. The molecule has 5 rings (SSSR count). The minimum absolute atomic E-state index is 0.199. The maximum absolute atomic E-state index is 13.6. The molecule has 1 aromatic carbocycles. The number of hydrogen-bond donors (Lipinski definition) is 0. The van der Waals surface area contributed by atoms with Crippen LogP contribution in [0.3, 0.4) is 0 Å². The van der Waals surface area contributed by atoms with Crippen LogP contribution in [0.2, 0.25) is 5.02 Å². The van der Waals surface area contributed by atoms with E-state index in [1.807, 2.05) is 40.4 Å². The summed E-state index contributed by atoms with van der Waals surface area (Å²) in [5.41, 5.74) is 3.04. The van der Waals surface area contributed by atoms with Crippen LogP contribution in [0.1, 0.15) is 34.5 Å². The van der Waals surface area contributed by atoms with Crippen molar-refractivity contribution in [1.82, 2.24) is 39.4 Å². The van der Waals surface area contributed by atoms with Crippen molar-refractivity contribution in [2.45, 2.75) is 40.0 Å². The Labute approximate surface area is 195 Å². The van der Waals surface area contributed by atoms with E-state index in [4.69, 9.17) is 21.6 Å². The van der Waals surface area contributed by atoms with E-state index in [9.17, 15) is 4.79 Å². The van der Waals surface area contributed by atoms with Crippen LogP contribution < -0.4 is 4.90 Å². The maximum atomic E-state index is 13.6. The van der Waals surface area contributed by atoms with Gasteiger partial charge in [-0.1, -0.05) is 11.6 Å². The van der Waals surface area contributed by atoms with Gasteiger partial charge in [-0.05, 0) is 32.0 Å². The zero-order valence-corrected chi connectivity index (χ0v) is 19.5. The molecule has 0 spiro atoms. The van der Waals surface area contributed by atoms with Crippen molar-refractivity contribution in [1.29, 1.82) is 0 Å². The average Bonchev–Trinajstić information content (AvgIpc) is 3.43. The topological polar surface area (TPSA) is 97.9 Å². The van der Waals surface area contributed by atoms with Gasteiger partial charge in [-0.3, -0.25) is 9.48 Å². The zero-order valence-electron chi connectivity index (χ0n) is 18.7. The zero-order chi connectivity index (χ0) is 23.1. The molecule has 0 radical (unpaired) electrons. The number of rotatable bonds is 5. The second-order valence-corrected chi connectivity index (χ2v) is 8.52. The molecule has 1 aliphatic rings. The van der Waals surface area contributed by atoms with Gasteiger partial charge in [0.25, 0.3) is 5.91 Å². The minimum Gasteiger partial charge on any atom is -0.336 e. The molecule has 0 N–H and O–H groups in total. The summed E-state index contributed by atoms with van der Waals surface area (Å²) < 4.78 is 3.79. The maximum Gasteiger partial charge on any atom is 0.273 e. The van der Waals surface area contributed by atoms with Crippen LogP contribution in [0.5, 0.6) is 0 Å². The van der Waals surface area contributed by atoms with Crippen molar-refractivity contribution in [2.75, 3.05) is 18.5 Å². The van der Waals surface area contributed by atoms with Gasteiger partial charge >= 0.3 is 0 Å². The number of nitrogens with zero attached hydrogens (tertiary/aromatic N) is 9. The number of aryl methyl sites for hydroxylation is 1.